The Labute approximate surface area is 161 Å². The molecule has 152 valence electrons. The quantitative estimate of drug-likeness (QED) is 0.665. The molecule has 0 saturated heterocycles. The number of hydrogen-bond donors (Lipinski definition) is 2. The lowest BCUT2D eigenvalue weighted by atomic mass is 9.95. The SMILES string of the molecule is COC[C@H](C)NS(=O)(=O)c1ccc(O[C@H](C)C(=O)NC2CCCCC2)cc1. The molecule has 0 spiro atoms. The zero-order chi connectivity index (χ0) is 19.9. The van der Waals surface area contributed by atoms with Crippen LogP contribution in [0.5, 0.6) is 5.75 Å². The van der Waals surface area contributed by atoms with Crippen LogP contribution >= 0.6 is 0 Å². The van der Waals surface area contributed by atoms with Gasteiger partial charge in [0.1, 0.15) is 5.75 Å². The van der Waals surface area contributed by atoms with Crippen molar-refractivity contribution in [1.82, 2.24) is 10.0 Å². The van der Waals surface area contributed by atoms with Crippen molar-refractivity contribution >= 4 is 15.9 Å². The number of methoxy groups -OCH3 is 1. The minimum atomic E-state index is -3.63. The first-order chi connectivity index (χ1) is 12.8. The predicted octanol–water partition coefficient (Wildman–Crippen LogP) is 2.22. The predicted molar refractivity (Wildman–Crippen MR) is 103 cm³/mol. The molecule has 0 aromatic heterocycles. The molecule has 27 heavy (non-hydrogen) atoms. The molecule has 0 radical (unpaired) electrons. The Morgan fingerprint density at radius 3 is 2.37 bits per heavy atom. The van der Waals surface area contributed by atoms with Crippen LogP contribution in [0.25, 0.3) is 0 Å². The molecular weight excluding hydrogens is 368 g/mol. The van der Waals surface area contributed by atoms with Crippen LogP contribution < -0.4 is 14.8 Å². The average molecular weight is 399 g/mol. The Hall–Kier alpha value is -1.64. The van der Waals surface area contributed by atoms with Crippen LogP contribution in [-0.2, 0) is 19.6 Å². The van der Waals surface area contributed by atoms with Crippen LogP contribution in [0.3, 0.4) is 0 Å². The zero-order valence-corrected chi connectivity index (χ0v) is 17.1. The van der Waals surface area contributed by atoms with E-state index in [1.54, 1.807) is 26.0 Å². The van der Waals surface area contributed by atoms with Crippen molar-refractivity contribution in [2.45, 2.75) is 69.0 Å². The normalized spacial score (nSPS) is 17.9. The molecule has 0 unspecified atom stereocenters. The highest BCUT2D eigenvalue weighted by Crippen LogP contribution is 2.19. The fraction of sp³-hybridized carbons (Fsp3) is 0.632. The molecule has 1 fully saturated rings. The summed E-state index contributed by atoms with van der Waals surface area (Å²) in [6.07, 6.45) is 4.90. The lowest BCUT2D eigenvalue weighted by molar-refractivity contribution is -0.128. The largest absolute Gasteiger partial charge is 0.481 e. The first-order valence-electron chi connectivity index (χ1n) is 9.40. The monoisotopic (exact) mass is 398 g/mol. The number of carbonyl (C=O) groups is 1. The number of hydrogen-bond acceptors (Lipinski definition) is 5. The summed E-state index contributed by atoms with van der Waals surface area (Å²) >= 11 is 0. The maximum Gasteiger partial charge on any atom is 0.260 e. The van der Waals surface area contributed by atoms with Crippen LogP contribution in [0.4, 0.5) is 0 Å². The van der Waals surface area contributed by atoms with E-state index in [0.717, 1.165) is 25.7 Å². The highest BCUT2D eigenvalue weighted by atomic mass is 32.2. The maximum absolute atomic E-state index is 12.3. The summed E-state index contributed by atoms with van der Waals surface area (Å²) in [5, 5.41) is 3.03. The van der Waals surface area contributed by atoms with Gasteiger partial charge in [0.25, 0.3) is 5.91 Å². The second kappa shape index (κ2) is 10.1. The van der Waals surface area contributed by atoms with E-state index in [1.807, 2.05) is 0 Å². The number of nitrogens with one attached hydrogen (secondary N) is 2. The summed E-state index contributed by atoms with van der Waals surface area (Å²) in [5.41, 5.74) is 0. The van der Waals surface area contributed by atoms with Crippen LogP contribution in [-0.4, -0.2) is 46.2 Å². The molecule has 2 atom stereocenters. The molecule has 1 aromatic carbocycles. The van der Waals surface area contributed by atoms with E-state index in [4.69, 9.17) is 9.47 Å². The van der Waals surface area contributed by atoms with Gasteiger partial charge in [-0.05, 0) is 51.0 Å². The number of amides is 1. The highest BCUT2D eigenvalue weighted by Gasteiger charge is 2.21. The molecule has 0 heterocycles. The molecule has 7 nitrogen and oxygen atoms in total. The summed E-state index contributed by atoms with van der Waals surface area (Å²) in [5.74, 6) is 0.304. The molecule has 8 heteroatoms. The zero-order valence-electron chi connectivity index (χ0n) is 16.2. The van der Waals surface area contributed by atoms with Crippen LogP contribution in [0.2, 0.25) is 0 Å². The molecule has 2 N–H and O–H groups in total. The molecular formula is C19H30N2O5S. The number of benzene rings is 1. The second-order valence-electron chi connectivity index (χ2n) is 7.05. The van der Waals surface area contributed by atoms with Gasteiger partial charge in [0.05, 0.1) is 11.5 Å². The Morgan fingerprint density at radius 1 is 1.15 bits per heavy atom. The molecule has 1 amide bonds. The smallest absolute Gasteiger partial charge is 0.260 e. The summed E-state index contributed by atoms with van der Waals surface area (Å²) in [6.45, 7) is 3.70. The second-order valence-corrected chi connectivity index (χ2v) is 8.77. The topological polar surface area (TPSA) is 93.7 Å². The minimum absolute atomic E-state index is 0.136. The van der Waals surface area contributed by atoms with Gasteiger partial charge in [-0.2, -0.15) is 0 Å². The van der Waals surface area contributed by atoms with E-state index in [-0.39, 0.29) is 29.5 Å². The van der Waals surface area contributed by atoms with Gasteiger partial charge in [-0.15, -0.1) is 0 Å². The van der Waals surface area contributed by atoms with Crippen molar-refractivity contribution in [3.05, 3.63) is 24.3 Å². The van der Waals surface area contributed by atoms with Gasteiger partial charge in [-0.25, -0.2) is 13.1 Å². The number of carbonyl (C=O) groups excluding carboxylic acids is 1. The summed E-state index contributed by atoms with van der Waals surface area (Å²) < 4.78 is 37.8. The van der Waals surface area contributed by atoms with Crippen molar-refractivity contribution in [2.75, 3.05) is 13.7 Å². The van der Waals surface area contributed by atoms with Gasteiger partial charge in [-0.1, -0.05) is 19.3 Å². The Bertz CT molecular complexity index is 699. The molecule has 1 aromatic rings. The third-order valence-electron chi connectivity index (χ3n) is 4.54. The molecule has 1 saturated carbocycles. The van der Waals surface area contributed by atoms with Crippen molar-refractivity contribution in [3.8, 4) is 5.75 Å². The van der Waals surface area contributed by atoms with Gasteiger partial charge in [0, 0.05) is 19.2 Å². The van der Waals surface area contributed by atoms with Gasteiger partial charge in [0.15, 0.2) is 6.10 Å². The molecule has 2 rings (SSSR count). The van der Waals surface area contributed by atoms with Crippen LogP contribution in [0, 0.1) is 0 Å². The average Bonchev–Trinajstić information content (AvgIpc) is 2.62. The van der Waals surface area contributed by atoms with E-state index in [0.29, 0.717) is 5.75 Å². The van der Waals surface area contributed by atoms with Crippen molar-refractivity contribution in [1.29, 1.82) is 0 Å². The third kappa shape index (κ3) is 6.79. The third-order valence-corrected chi connectivity index (χ3v) is 6.15. The summed E-state index contributed by atoms with van der Waals surface area (Å²) in [4.78, 5) is 12.4. The highest BCUT2D eigenvalue weighted by molar-refractivity contribution is 7.89. The van der Waals surface area contributed by atoms with Gasteiger partial charge < -0.3 is 14.8 Å². The Kier molecular flexibility index (Phi) is 8.07. The Morgan fingerprint density at radius 2 is 1.78 bits per heavy atom. The fourth-order valence-corrected chi connectivity index (χ4v) is 4.37. The number of sulfonamides is 1. The number of ether oxygens (including phenoxy) is 2. The number of rotatable bonds is 9. The maximum atomic E-state index is 12.3. The van der Waals surface area contributed by atoms with Crippen molar-refractivity contribution in [2.24, 2.45) is 0 Å². The van der Waals surface area contributed by atoms with E-state index in [9.17, 15) is 13.2 Å². The van der Waals surface area contributed by atoms with Gasteiger partial charge in [0.2, 0.25) is 10.0 Å². The molecule has 0 bridgehead atoms. The molecule has 1 aliphatic rings. The summed E-state index contributed by atoms with van der Waals surface area (Å²) in [7, 11) is -2.11. The first-order valence-corrected chi connectivity index (χ1v) is 10.9. The van der Waals surface area contributed by atoms with E-state index >= 15 is 0 Å². The molecule has 1 aliphatic carbocycles. The minimum Gasteiger partial charge on any atom is -0.481 e. The van der Waals surface area contributed by atoms with E-state index in [2.05, 4.69) is 10.0 Å². The van der Waals surface area contributed by atoms with Crippen molar-refractivity contribution in [3.63, 3.8) is 0 Å². The lowest BCUT2D eigenvalue weighted by Crippen LogP contribution is -2.43. The first kappa shape index (κ1) is 21.7. The lowest BCUT2D eigenvalue weighted by Gasteiger charge is -2.24. The van der Waals surface area contributed by atoms with E-state index < -0.39 is 16.1 Å². The van der Waals surface area contributed by atoms with Crippen LogP contribution in [0.15, 0.2) is 29.2 Å². The van der Waals surface area contributed by atoms with Gasteiger partial charge >= 0.3 is 0 Å². The van der Waals surface area contributed by atoms with Gasteiger partial charge in [-0.3, -0.25) is 4.79 Å². The summed E-state index contributed by atoms with van der Waals surface area (Å²) in [6, 6.07) is 5.93. The van der Waals surface area contributed by atoms with Crippen molar-refractivity contribution < 1.29 is 22.7 Å². The standard InChI is InChI=1S/C19H30N2O5S/c1-14(13-25-3)21-27(23,24)18-11-9-17(10-12-18)26-15(2)19(22)20-16-7-5-4-6-8-16/h9-12,14-16,21H,4-8,13H2,1-3H3,(H,20,22)/t14-,15+/m0/s1. The Balaban J connectivity index is 1.91. The molecule has 0 aliphatic heterocycles. The van der Waals surface area contributed by atoms with E-state index in [1.165, 1.54) is 25.7 Å². The van der Waals surface area contributed by atoms with Crippen LogP contribution in [0.1, 0.15) is 46.0 Å². The fourth-order valence-electron chi connectivity index (χ4n) is 3.14.